The summed E-state index contributed by atoms with van der Waals surface area (Å²) in [6, 6.07) is 17.7. The maximum atomic E-state index is 12.5. The number of carbonyl (C=O) groups excluding carboxylic acids is 1. The molecule has 0 N–H and O–H groups in total. The summed E-state index contributed by atoms with van der Waals surface area (Å²) in [4.78, 5) is 14.1. The minimum Gasteiger partial charge on any atom is -0.491 e. The average Bonchev–Trinajstić information content (AvgIpc) is 3.02. The van der Waals surface area contributed by atoms with Crippen LogP contribution in [0.4, 0.5) is 0 Å². The lowest BCUT2D eigenvalue weighted by Gasteiger charge is -2.18. The first-order chi connectivity index (χ1) is 14.5. The summed E-state index contributed by atoms with van der Waals surface area (Å²) in [7, 11) is 1.79. The zero-order valence-corrected chi connectivity index (χ0v) is 18.1. The highest BCUT2D eigenvalue weighted by molar-refractivity contribution is 5.77. The largest absolute Gasteiger partial charge is 0.491 e. The van der Waals surface area contributed by atoms with Crippen molar-refractivity contribution in [3.05, 3.63) is 77.1 Å². The van der Waals surface area contributed by atoms with Crippen molar-refractivity contribution < 1.29 is 14.3 Å². The Bertz CT molecular complexity index is 983. The SMILES string of the molecule is Cc1ccccc1-n1nc(C)c(CN(C)C(=O)COCCOc2ccccc2)c1C. The monoisotopic (exact) mass is 407 g/mol. The molecule has 6 nitrogen and oxygen atoms in total. The molecule has 0 saturated carbocycles. The second kappa shape index (κ2) is 10.1. The molecular weight excluding hydrogens is 378 g/mol. The van der Waals surface area contributed by atoms with Gasteiger partial charge in [0.05, 0.1) is 18.0 Å². The number of rotatable bonds is 9. The van der Waals surface area contributed by atoms with E-state index < -0.39 is 0 Å². The van der Waals surface area contributed by atoms with E-state index in [1.807, 2.05) is 61.0 Å². The fraction of sp³-hybridized carbons (Fsp3) is 0.333. The molecule has 1 amide bonds. The van der Waals surface area contributed by atoms with Crippen molar-refractivity contribution in [1.29, 1.82) is 0 Å². The molecule has 0 atom stereocenters. The Morgan fingerprint density at radius 3 is 2.43 bits per heavy atom. The van der Waals surface area contributed by atoms with Gasteiger partial charge in [-0.15, -0.1) is 0 Å². The lowest BCUT2D eigenvalue weighted by Crippen LogP contribution is -2.30. The van der Waals surface area contributed by atoms with Gasteiger partial charge in [0.1, 0.15) is 19.0 Å². The lowest BCUT2D eigenvalue weighted by atomic mass is 10.1. The Labute approximate surface area is 178 Å². The third-order valence-corrected chi connectivity index (χ3v) is 5.07. The summed E-state index contributed by atoms with van der Waals surface area (Å²) in [5.74, 6) is 0.721. The van der Waals surface area contributed by atoms with Crippen LogP contribution < -0.4 is 4.74 Å². The van der Waals surface area contributed by atoms with E-state index in [0.29, 0.717) is 19.8 Å². The molecule has 0 bridgehead atoms. The van der Waals surface area contributed by atoms with Crippen molar-refractivity contribution in [2.24, 2.45) is 0 Å². The maximum Gasteiger partial charge on any atom is 0.248 e. The molecule has 1 aromatic heterocycles. The molecule has 3 rings (SSSR count). The van der Waals surface area contributed by atoms with Crippen molar-refractivity contribution in [3.63, 3.8) is 0 Å². The molecule has 0 saturated heterocycles. The van der Waals surface area contributed by atoms with Crippen LogP contribution in [-0.2, 0) is 16.1 Å². The normalized spacial score (nSPS) is 10.8. The van der Waals surface area contributed by atoms with E-state index in [2.05, 4.69) is 19.1 Å². The van der Waals surface area contributed by atoms with E-state index in [1.165, 1.54) is 0 Å². The van der Waals surface area contributed by atoms with Gasteiger partial charge >= 0.3 is 0 Å². The second-order valence-electron chi connectivity index (χ2n) is 7.31. The summed E-state index contributed by atoms with van der Waals surface area (Å²) >= 11 is 0. The number of carbonyl (C=O) groups is 1. The van der Waals surface area contributed by atoms with Crippen LogP contribution in [-0.4, -0.2) is 47.5 Å². The van der Waals surface area contributed by atoms with Crippen molar-refractivity contribution in [1.82, 2.24) is 14.7 Å². The number of likely N-dealkylation sites (N-methyl/N-ethyl adjacent to an activating group) is 1. The van der Waals surface area contributed by atoms with Gasteiger partial charge in [0.25, 0.3) is 0 Å². The minimum absolute atomic E-state index is 0.0265. The van der Waals surface area contributed by atoms with Gasteiger partial charge in [-0.25, -0.2) is 4.68 Å². The van der Waals surface area contributed by atoms with E-state index in [1.54, 1.807) is 11.9 Å². The number of aryl methyl sites for hydroxylation is 2. The summed E-state index contributed by atoms with van der Waals surface area (Å²) in [6.45, 7) is 7.37. The fourth-order valence-electron chi connectivity index (χ4n) is 3.27. The van der Waals surface area contributed by atoms with E-state index in [-0.39, 0.29) is 12.5 Å². The fourth-order valence-corrected chi connectivity index (χ4v) is 3.27. The third kappa shape index (κ3) is 5.27. The Balaban J connectivity index is 1.52. The molecule has 0 unspecified atom stereocenters. The molecule has 158 valence electrons. The predicted octanol–water partition coefficient (Wildman–Crippen LogP) is 3.85. The molecule has 0 radical (unpaired) electrons. The molecule has 30 heavy (non-hydrogen) atoms. The summed E-state index contributed by atoms with van der Waals surface area (Å²) < 4.78 is 13.0. The van der Waals surface area contributed by atoms with Crippen LogP contribution in [0, 0.1) is 20.8 Å². The first kappa shape index (κ1) is 21.6. The van der Waals surface area contributed by atoms with Gasteiger partial charge in [0.15, 0.2) is 0 Å². The van der Waals surface area contributed by atoms with Crippen LogP contribution in [0.2, 0.25) is 0 Å². The smallest absolute Gasteiger partial charge is 0.248 e. The Morgan fingerprint density at radius 2 is 1.70 bits per heavy atom. The van der Waals surface area contributed by atoms with Crippen molar-refractivity contribution >= 4 is 5.91 Å². The second-order valence-corrected chi connectivity index (χ2v) is 7.31. The van der Waals surface area contributed by atoms with E-state index in [4.69, 9.17) is 14.6 Å². The quantitative estimate of drug-likeness (QED) is 0.506. The van der Waals surface area contributed by atoms with Crippen molar-refractivity contribution in [3.8, 4) is 11.4 Å². The van der Waals surface area contributed by atoms with Gasteiger partial charge in [-0.3, -0.25) is 4.79 Å². The highest BCUT2D eigenvalue weighted by Gasteiger charge is 2.18. The molecule has 2 aromatic carbocycles. The summed E-state index contributed by atoms with van der Waals surface area (Å²) in [5, 5.41) is 4.70. The number of aromatic nitrogens is 2. The topological polar surface area (TPSA) is 56.6 Å². The number of hydrogen-bond acceptors (Lipinski definition) is 4. The third-order valence-electron chi connectivity index (χ3n) is 5.07. The standard InChI is InChI=1S/C24H29N3O3/c1-18-10-8-9-13-23(18)27-20(3)22(19(2)25-27)16-26(4)24(28)17-29-14-15-30-21-11-6-5-7-12-21/h5-13H,14-17H2,1-4H3. The Kier molecular flexibility index (Phi) is 7.25. The first-order valence-electron chi connectivity index (χ1n) is 10.1. The van der Waals surface area contributed by atoms with Crippen molar-refractivity contribution in [2.45, 2.75) is 27.3 Å². The molecule has 0 aliphatic carbocycles. The van der Waals surface area contributed by atoms with E-state index in [9.17, 15) is 4.79 Å². The number of hydrogen-bond donors (Lipinski definition) is 0. The van der Waals surface area contributed by atoms with Crippen molar-refractivity contribution in [2.75, 3.05) is 26.9 Å². The summed E-state index contributed by atoms with van der Waals surface area (Å²) in [6.07, 6.45) is 0. The number of para-hydroxylation sites is 2. The highest BCUT2D eigenvalue weighted by Crippen LogP contribution is 2.21. The molecule has 6 heteroatoms. The molecule has 0 aliphatic heterocycles. The Morgan fingerprint density at radius 1 is 1.00 bits per heavy atom. The predicted molar refractivity (Wildman–Crippen MR) is 117 cm³/mol. The number of nitrogens with zero attached hydrogens (tertiary/aromatic N) is 3. The van der Waals surface area contributed by atoms with Crippen LogP contribution in [0.25, 0.3) is 5.69 Å². The van der Waals surface area contributed by atoms with Crippen LogP contribution in [0.15, 0.2) is 54.6 Å². The molecule has 0 fully saturated rings. The first-order valence-corrected chi connectivity index (χ1v) is 10.1. The van der Waals surface area contributed by atoms with Gasteiger partial charge in [0.2, 0.25) is 5.91 Å². The van der Waals surface area contributed by atoms with Crippen LogP contribution in [0.1, 0.15) is 22.5 Å². The van der Waals surface area contributed by atoms with Gasteiger partial charge in [-0.1, -0.05) is 36.4 Å². The summed E-state index contributed by atoms with van der Waals surface area (Å²) in [5.41, 5.74) is 5.23. The minimum atomic E-state index is -0.0721. The highest BCUT2D eigenvalue weighted by atomic mass is 16.5. The molecule has 1 heterocycles. The van der Waals surface area contributed by atoms with Crippen LogP contribution >= 0.6 is 0 Å². The average molecular weight is 408 g/mol. The van der Waals surface area contributed by atoms with Crippen LogP contribution in [0.5, 0.6) is 5.75 Å². The zero-order valence-electron chi connectivity index (χ0n) is 18.1. The molecule has 0 aliphatic rings. The number of ether oxygens (including phenoxy) is 2. The van der Waals surface area contributed by atoms with Gasteiger partial charge in [0, 0.05) is 24.8 Å². The Hall–Kier alpha value is -3.12. The van der Waals surface area contributed by atoms with Gasteiger partial charge < -0.3 is 14.4 Å². The van der Waals surface area contributed by atoms with Crippen LogP contribution in [0.3, 0.4) is 0 Å². The maximum absolute atomic E-state index is 12.5. The number of benzene rings is 2. The lowest BCUT2D eigenvalue weighted by molar-refractivity contribution is -0.135. The van der Waals surface area contributed by atoms with E-state index in [0.717, 1.165) is 34.0 Å². The molecule has 3 aromatic rings. The zero-order chi connectivity index (χ0) is 21.5. The van der Waals surface area contributed by atoms with E-state index >= 15 is 0 Å². The molecule has 0 spiro atoms. The van der Waals surface area contributed by atoms with Gasteiger partial charge in [-0.05, 0) is 44.5 Å². The number of amides is 1. The van der Waals surface area contributed by atoms with Gasteiger partial charge in [-0.2, -0.15) is 5.10 Å². The molecular formula is C24H29N3O3.